The maximum atomic E-state index is 14.6. The largest absolute Gasteiger partial charge is 0.353 e. The van der Waals surface area contributed by atoms with Gasteiger partial charge in [-0.15, -0.1) is 0 Å². The van der Waals surface area contributed by atoms with Gasteiger partial charge in [-0.2, -0.15) is 0 Å². The van der Waals surface area contributed by atoms with Gasteiger partial charge in [-0.25, -0.2) is 18.2 Å². The van der Waals surface area contributed by atoms with Gasteiger partial charge >= 0.3 is 0 Å². The number of halogens is 3. The van der Waals surface area contributed by atoms with Crippen molar-refractivity contribution >= 4 is 17.4 Å². The van der Waals surface area contributed by atoms with Gasteiger partial charge in [0.1, 0.15) is 23.6 Å². The first kappa shape index (κ1) is 21.8. The number of pyridine rings is 2. The van der Waals surface area contributed by atoms with Crippen molar-refractivity contribution in [2.75, 3.05) is 23.3 Å². The molecule has 1 fully saturated rings. The maximum Gasteiger partial charge on any atom is 0.260 e. The summed E-state index contributed by atoms with van der Waals surface area (Å²) in [5, 5.41) is 2.77. The van der Waals surface area contributed by atoms with Crippen molar-refractivity contribution in [1.29, 1.82) is 0 Å². The molecule has 1 N–H and O–H groups in total. The maximum absolute atomic E-state index is 14.6. The van der Waals surface area contributed by atoms with Crippen LogP contribution in [0.25, 0.3) is 11.1 Å². The van der Waals surface area contributed by atoms with Crippen molar-refractivity contribution in [2.45, 2.75) is 32.4 Å². The summed E-state index contributed by atoms with van der Waals surface area (Å²) in [5.41, 5.74) is 1.49. The molecule has 2 aromatic heterocycles. The van der Waals surface area contributed by atoms with Crippen molar-refractivity contribution in [2.24, 2.45) is 0 Å². The van der Waals surface area contributed by atoms with E-state index in [0.717, 1.165) is 23.9 Å². The van der Waals surface area contributed by atoms with Crippen LogP contribution in [0.2, 0.25) is 0 Å². The van der Waals surface area contributed by atoms with Crippen LogP contribution in [-0.4, -0.2) is 35.1 Å². The molecule has 0 radical (unpaired) electrons. The summed E-state index contributed by atoms with van der Waals surface area (Å²) in [5.74, 6) is -1.41. The highest BCUT2D eigenvalue weighted by atomic mass is 19.1. The fourth-order valence-electron chi connectivity index (χ4n) is 3.77. The van der Waals surface area contributed by atoms with Gasteiger partial charge in [0.05, 0.1) is 24.0 Å². The number of benzene rings is 1. The standard InChI is InChI=1S/C24H23F3N4O/c1-14(2)21-6-4-17(12-29-21)30-24(32)22-18(19-11-15(25)3-5-20(19)27)7-9-28-23(22)31-10-8-16(26)13-31/h3-7,9,11-12,14,16H,8,10,13H2,1-2H3,(H,30,32)/t16-/m0/s1. The van der Waals surface area contributed by atoms with E-state index in [1.54, 1.807) is 17.2 Å². The molecule has 3 heterocycles. The second-order valence-corrected chi connectivity index (χ2v) is 8.09. The molecular formula is C24H23F3N4O. The number of rotatable bonds is 5. The van der Waals surface area contributed by atoms with Gasteiger partial charge < -0.3 is 10.2 Å². The number of carbonyl (C=O) groups is 1. The zero-order valence-corrected chi connectivity index (χ0v) is 17.8. The highest BCUT2D eigenvalue weighted by molar-refractivity contribution is 6.12. The van der Waals surface area contributed by atoms with Crippen LogP contribution in [0.4, 0.5) is 24.7 Å². The molecule has 0 saturated carbocycles. The van der Waals surface area contributed by atoms with Gasteiger partial charge in [-0.3, -0.25) is 9.78 Å². The molecule has 1 aliphatic rings. The summed E-state index contributed by atoms with van der Waals surface area (Å²) in [6.45, 7) is 4.47. The lowest BCUT2D eigenvalue weighted by Gasteiger charge is -2.22. The van der Waals surface area contributed by atoms with Crippen molar-refractivity contribution in [1.82, 2.24) is 9.97 Å². The first-order chi connectivity index (χ1) is 15.3. The average Bonchev–Trinajstić information content (AvgIpc) is 3.21. The molecule has 166 valence electrons. The monoisotopic (exact) mass is 440 g/mol. The van der Waals surface area contributed by atoms with E-state index in [1.807, 2.05) is 19.9 Å². The Labute approximate surface area is 184 Å². The number of hydrogen-bond donors (Lipinski definition) is 1. The van der Waals surface area contributed by atoms with Crippen molar-refractivity contribution in [3.05, 3.63) is 71.7 Å². The summed E-state index contributed by atoms with van der Waals surface area (Å²) in [4.78, 5) is 23.7. The number of carbonyl (C=O) groups excluding carboxylic acids is 1. The Morgan fingerprint density at radius 2 is 1.94 bits per heavy atom. The van der Waals surface area contributed by atoms with E-state index in [9.17, 15) is 18.0 Å². The molecule has 8 heteroatoms. The normalized spacial score (nSPS) is 15.9. The Morgan fingerprint density at radius 1 is 1.12 bits per heavy atom. The molecule has 1 amide bonds. The minimum atomic E-state index is -1.05. The zero-order chi connectivity index (χ0) is 22.8. The molecule has 32 heavy (non-hydrogen) atoms. The van der Waals surface area contributed by atoms with Crippen molar-refractivity contribution in [3.8, 4) is 11.1 Å². The molecule has 1 aromatic carbocycles. The Morgan fingerprint density at radius 3 is 2.59 bits per heavy atom. The average molecular weight is 440 g/mol. The van der Waals surface area contributed by atoms with Gasteiger partial charge in [0.15, 0.2) is 0 Å². The lowest BCUT2D eigenvalue weighted by Crippen LogP contribution is -2.26. The Kier molecular flexibility index (Phi) is 6.12. The number of anilines is 2. The molecule has 1 aliphatic heterocycles. The third-order valence-electron chi connectivity index (χ3n) is 5.44. The second-order valence-electron chi connectivity index (χ2n) is 8.09. The second kappa shape index (κ2) is 8.98. The molecule has 3 aromatic rings. The molecule has 1 atom stereocenters. The lowest BCUT2D eigenvalue weighted by atomic mass is 9.99. The number of aromatic nitrogens is 2. The van der Waals surface area contributed by atoms with Gasteiger partial charge in [-0.05, 0) is 48.7 Å². The van der Waals surface area contributed by atoms with E-state index < -0.39 is 23.7 Å². The van der Waals surface area contributed by atoms with Gasteiger partial charge in [-0.1, -0.05) is 13.8 Å². The lowest BCUT2D eigenvalue weighted by molar-refractivity contribution is 0.102. The number of hydrogen-bond acceptors (Lipinski definition) is 4. The third-order valence-corrected chi connectivity index (χ3v) is 5.44. The van der Waals surface area contributed by atoms with Crippen LogP contribution >= 0.6 is 0 Å². The SMILES string of the molecule is CC(C)c1ccc(NC(=O)c2c(-c3cc(F)ccc3F)ccnc2N2CC[C@H](F)C2)cn1. The molecule has 4 rings (SSSR count). The zero-order valence-electron chi connectivity index (χ0n) is 17.8. The van der Waals surface area contributed by atoms with Crippen LogP contribution in [-0.2, 0) is 0 Å². The van der Waals surface area contributed by atoms with Crippen LogP contribution < -0.4 is 10.2 Å². The molecule has 5 nitrogen and oxygen atoms in total. The number of alkyl halides is 1. The Balaban J connectivity index is 1.78. The van der Waals surface area contributed by atoms with Crippen LogP contribution in [0.1, 0.15) is 42.2 Å². The number of amides is 1. The highest BCUT2D eigenvalue weighted by Gasteiger charge is 2.29. The third kappa shape index (κ3) is 4.44. The first-order valence-corrected chi connectivity index (χ1v) is 10.4. The molecule has 0 unspecified atom stereocenters. The minimum absolute atomic E-state index is 0.0547. The number of nitrogens with one attached hydrogen (secondary N) is 1. The van der Waals surface area contributed by atoms with E-state index in [2.05, 4.69) is 15.3 Å². The van der Waals surface area contributed by atoms with E-state index in [-0.39, 0.29) is 35.0 Å². The van der Waals surface area contributed by atoms with Crippen molar-refractivity contribution < 1.29 is 18.0 Å². The fourth-order valence-corrected chi connectivity index (χ4v) is 3.77. The topological polar surface area (TPSA) is 58.1 Å². The Hall–Kier alpha value is -3.42. The first-order valence-electron chi connectivity index (χ1n) is 10.4. The summed E-state index contributed by atoms with van der Waals surface area (Å²) < 4.78 is 42.4. The number of nitrogens with zero attached hydrogens (tertiary/aromatic N) is 3. The molecule has 0 bridgehead atoms. The summed E-state index contributed by atoms with van der Waals surface area (Å²) >= 11 is 0. The van der Waals surface area contributed by atoms with Crippen LogP contribution in [0.5, 0.6) is 0 Å². The van der Waals surface area contributed by atoms with Gasteiger partial charge in [0.25, 0.3) is 5.91 Å². The van der Waals surface area contributed by atoms with E-state index in [1.165, 1.54) is 12.3 Å². The predicted molar refractivity (Wildman–Crippen MR) is 118 cm³/mol. The molecule has 0 spiro atoms. The summed E-state index contributed by atoms with van der Waals surface area (Å²) in [6, 6.07) is 8.05. The van der Waals surface area contributed by atoms with Crippen LogP contribution in [0.15, 0.2) is 48.8 Å². The summed E-state index contributed by atoms with van der Waals surface area (Å²) in [7, 11) is 0. The molecule has 1 saturated heterocycles. The van der Waals surface area contributed by atoms with Crippen molar-refractivity contribution in [3.63, 3.8) is 0 Å². The van der Waals surface area contributed by atoms with Gasteiger partial charge in [0, 0.05) is 29.6 Å². The highest BCUT2D eigenvalue weighted by Crippen LogP contribution is 2.34. The van der Waals surface area contributed by atoms with E-state index >= 15 is 0 Å². The van der Waals surface area contributed by atoms with Crippen LogP contribution in [0, 0.1) is 11.6 Å². The van der Waals surface area contributed by atoms with Crippen LogP contribution in [0.3, 0.4) is 0 Å². The molecular weight excluding hydrogens is 417 g/mol. The smallest absolute Gasteiger partial charge is 0.260 e. The minimum Gasteiger partial charge on any atom is -0.353 e. The quantitative estimate of drug-likeness (QED) is 0.581. The van der Waals surface area contributed by atoms with E-state index in [4.69, 9.17) is 0 Å². The van der Waals surface area contributed by atoms with E-state index in [0.29, 0.717) is 18.7 Å². The summed E-state index contributed by atoms with van der Waals surface area (Å²) in [6.07, 6.45) is 2.22. The fraction of sp³-hybridized carbons (Fsp3) is 0.292. The van der Waals surface area contributed by atoms with Gasteiger partial charge in [0.2, 0.25) is 0 Å². The molecule has 0 aliphatic carbocycles. The Bertz CT molecular complexity index is 1130. The predicted octanol–water partition coefficient (Wildman–Crippen LogP) is 5.35.